The van der Waals surface area contributed by atoms with E-state index in [0.29, 0.717) is 6.54 Å². The van der Waals surface area contributed by atoms with Crippen LogP contribution in [0.1, 0.15) is 12.8 Å². The summed E-state index contributed by atoms with van der Waals surface area (Å²) in [5.74, 6) is 5.54. The fraction of sp³-hybridized carbons (Fsp3) is 0.778. The monoisotopic (exact) mass is 245 g/mol. The van der Waals surface area contributed by atoms with Crippen LogP contribution < -0.4 is 5.73 Å². The molecule has 0 aromatic rings. The van der Waals surface area contributed by atoms with E-state index >= 15 is 0 Å². The van der Waals surface area contributed by atoms with Gasteiger partial charge in [0.2, 0.25) is 0 Å². The average Bonchev–Trinajstić information content (AvgIpc) is 2.62. The summed E-state index contributed by atoms with van der Waals surface area (Å²) in [6, 6.07) is -0.00498. The van der Waals surface area contributed by atoms with Gasteiger partial charge in [0.15, 0.2) is 0 Å². The van der Waals surface area contributed by atoms with Crippen molar-refractivity contribution in [3.63, 3.8) is 0 Å². The molecule has 1 rings (SSSR count). The molecular weight excluding hydrogens is 228 g/mol. The second-order valence-corrected chi connectivity index (χ2v) is 5.63. The Morgan fingerprint density at radius 2 is 2.31 bits per heavy atom. The lowest BCUT2D eigenvalue weighted by Gasteiger charge is -2.12. The summed E-state index contributed by atoms with van der Waals surface area (Å²) in [7, 11) is -1.37. The fourth-order valence-electron chi connectivity index (χ4n) is 1.41. The molecule has 89 valence electrons. The minimum atomic E-state index is -3.15. The Labute approximate surface area is 97.1 Å². The maximum atomic E-state index is 9.06. The van der Waals surface area contributed by atoms with Gasteiger partial charge in [0.1, 0.15) is 13.3 Å². The normalized spacial score (nSPS) is 25.0. The van der Waals surface area contributed by atoms with E-state index in [2.05, 4.69) is 11.7 Å². The Bertz CT molecular complexity index is 273. The van der Waals surface area contributed by atoms with Crippen molar-refractivity contribution in [3.8, 4) is 11.7 Å². The van der Waals surface area contributed by atoms with E-state index in [0.717, 1.165) is 12.8 Å². The Balaban J connectivity index is 2.20. The van der Waals surface area contributed by atoms with Crippen LogP contribution in [0.25, 0.3) is 0 Å². The number of ether oxygens (including phenoxy) is 1. The fourth-order valence-corrected chi connectivity index (χ4v) is 1.86. The molecule has 0 saturated carbocycles. The molecule has 0 aromatic heterocycles. The predicted octanol–water partition coefficient (Wildman–Crippen LogP) is -0.491. The van der Waals surface area contributed by atoms with Gasteiger partial charge in [0, 0.05) is 6.00 Å². The second-order valence-electron chi connectivity index (χ2n) is 3.70. The molecule has 1 aliphatic rings. The maximum absolute atomic E-state index is 9.06. The van der Waals surface area contributed by atoms with Crippen molar-refractivity contribution in [3.05, 3.63) is 0 Å². The highest BCUT2D eigenvalue weighted by Crippen LogP contribution is 2.46. The van der Waals surface area contributed by atoms with Crippen molar-refractivity contribution >= 4 is 15.2 Å². The maximum Gasteiger partial charge on any atom is 0.403 e. The molecule has 5 nitrogen and oxygen atoms in total. The highest BCUT2D eigenvalue weighted by molar-refractivity contribution is 7.58. The van der Waals surface area contributed by atoms with Crippen molar-refractivity contribution in [2.24, 2.45) is 5.73 Å². The average molecular weight is 245 g/mol. The zero-order chi connectivity index (χ0) is 12.0. The molecule has 0 spiro atoms. The van der Waals surface area contributed by atoms with Gasteiger partial charge in [-0.05, 0) is 12.8 Å². The van der Waals surface area contributed by atoms with Crippen LogP contribution in [0.5, 0.6) is 0 Å². The van der Waals surface area contributed by atoms with Gasteiger partial charge in [-0.15, -0.1) is 5.92 Å². The highest BCUT2D eigenvalue weighted by Gasteiger charge is 2.32. The Morgan fingerprint density at radius 1 is 1.56 bits per heavy atom. The van der Waals surface area contributed by atoms with Crippen molar-refractivity contribution in [1.82, 2.24) is 0 Å². The molecular formula is C9H17BNO4P+. The first-order chi connectivity index (χ1) is 7.51. The van der Waals surface area contributed by atoms with Gasteiger partial charge in [0.25, 0.3) is 7.28 Å². The van der Waals surface area contributed by atoms with Crippen molar-refractivity contribution in [2.45, 2.75) is 24.9 Å². The Kier molecular flexibility index (Phi) is 5.70. The molecule has 1 heterocycles. The van der Waals surface area contributed by atoms with Gasteiger partial charge in [-0.25, -0.2) is 0 Å². The SMILES string of the molecule is C[P+](O)(O)OC[C@@H]1CC[C@H]([B]C#CCN)O1. The Hall–Kier alpha value is -0.145. The topological polar surface area (TPSA) is 84.9 Å². The highest BCUT2D eigenvalue weighted by atomic mass is 31.2. The molecule has 1 aliphatic heterocycles. The van der Waals surface area contributed by atoms with Gasteiger partial charge in [0.05, 0.1) is 12.6 Å². The molecule has 7 heteroatoms. The third-order valence-corrected chi connectivity index (χ3v) is 2.76. The first kappa shape index (κ1) is 13.9. The van der Waals surface area contributed by atoms with Crippen molar-refractivity contribution in [2.75, 3.05) is 19.8 Å². The van der Waals surface area contributed by atoms with Gasteiger partial charge in [-0.1, -0.05) is 0 Å². The second kappa shape index (κ2) is 6.56. The van der Waals surface area contributed by atoms with E-state index in [1.165, 1.54) is 6.66 Å². The molecule has 1 fully saturated rings. The van der Waals surface area contributed by atoms with E-state index in [4.69, 9.17) is 24.8 Å². The third kappa shape index (κ3) is 5.81. The van der Waals surface area contributed by atoms with E-state index < -0.39 is 7.94 Å². The van der Waals surface area contributed by atoms with Gasteiger partial charge in [-0.2, -0.15) is 20.1 Å². The van der Waals surface area contributed by atoms with Gasteiger partial charge < -0.3 is 10.5 Å². The first-order valence-corrected chi connectivity index (χ1v) is 7.21. The third-order valence-electron chi connectivity index (χ3n) is 2.12. The molecule has 16 heavy (non-hydrogen) atoms. The molecule has 0 aromatic carbocycles. The smallest absolute Gasteiger partial charge is 0.380 e. The van der Waals surface area contributed by atoms with Crippen LogP contribution in [0, 0.1) is 11.7 Å². The summed E-state index contributed by atoms with van der Waals surface area (Å²) in [4.78, 5) is 18.1. The van der Waals surface area contributed by atoms with Crippen LogP contribution in [0.4, 0.5) is 0 Å². The van der Waals surface area contributed by atoms with E-state index in [-0.39, 0.29) is 18.7 Å². The number of nitrogens with two attached hydrogens (primary N) is 1. The number of hydrogen-bond acceptors (Lipinski definition) is 5. The largest absolute Gasteiger partial charge is 0.403 e. The molecule has 0 amide bonds. The molecule has 2 atom stereocenters. The standard InChI is InChI=1S/C9H17BNO4P/c1-16(12,13)14-7-8-3-4-9(15-8)10-5-2-6-11/h8-9,12-13H,3-4,6-7,11H2,1H3/q+1/t8-,9+/m0/s1. The lowest BCUT2D eigenvalue weighted by atomic mass is 9.71. The van der Waals surface area contributed by atoms with Crippen LogP contribution in [0.2, 0.25) is 0 Å². The van der Waals surface area contributed by atoms with Crippen LogP contribution in [0.15, 0.2) is 0 Å². The quantitative estimate of drug-likeness (QED) is 0.353. The molecule has 1 saturated heterocycles. The minimum absolute atomic E-state index is 0.00498. The zero-order valence-corrected chi connectivity index (χ0v) is 10.2. The number of rotatable bonds is 4. The molecule has 1 radical (unpaired) electrons. The predicted molar refractivity (Wildman–Crippen MR) is 63.7 cm³/mol. The minimum Gasteiger partial charge on any atom is -0.380 e. The van der Waals surface area contributed by atoms with Crippen LogP contribution >= 0.6 is 7.94 Å². The van der Waals surface area contributed by atoms with Crippen molar-refractivity contribution in [1.29, 1.82) is 0 Å². The summed E-state index contributed by atoms with van der Waals surface area (Å²) in [5.41, 5.74) is 5.23. The summed E-state index contributed by atoms with van der Waals surface area (Å²) in [5, 5.41) is 0. The van der Waals surface area contributed by atoms with Crippen LogP contribution in [-0.2, 0) is 9.26 Å². The lowest BCUT2D eigenvalue weighted by Crippen LogP contribution is -2.20. The Morgan fingerprint density at radius 3 is 2.94 bits per heavy atom. The molecule has 0 aliphatic carbocycles. The van der Waals surface area contributed by atoms with Gasteiger partial charge >= 0.3 is 7.94 Å². The first-order valence-electron chi connectivity index (χ1n) is 5.15. The summed E-state index contributed by atoms with van der Waals surface area (Å²) < 4.78 is 10.5. The number of hydrogen-bond donors (Lipinski definition) is 3. The summed E-state index contributed by atoms with van der Waals surface area (Å²) in [6.07, 6.45) is 1.63. The van der Waals surface area contributed by atoms with E-state index in [9.17, 15) is 0 Å². The van der Waals surface area contributed by atoms with Crippen LogP contribution in [-0.4, -0.2) is 49.0 Å². The molecule has 0 unspecified atom stereocenters. The molecule has 4 N–H and O–H groups in total. The van der Waals surface area contributed by atoms with Crippen molar-refractivity contribution < 1.29 is 19.0 Å². The zero-order valence-electron chi connectivity index (χ0n) is 9.30. The summed E-state index contributed by atoms with van der Waals surface area (Å²) in [6.45, 7) is 1.83. The van der Waals surface area contributed by atoms with Gasteiger partial charge in [-0.3, -0.25) is 0 Å². The summed E-state index contributed by atoms with van der Waals surface area (Å²) >= 11 is 0. The van der Waals surface area contributed by atoms with E-state index in [1.54, 1.807) is 7.28 Å². The lowest BCUT2D eigenvalue weighted by molar-refractivity contribution is 0.0436. The molecule has 0 bridgehead atoms. The van der Waals surface area contributed by atoms with E-state index in [1.807, 2.05) is 0 Å². The van der Waals surface area contributed by atoms with Crippen LogP contribution in [0.3, 0.4) is 0 Å².